The van der Waals surface area contributed by atoms with Crippen LogP contribution in [0.25, 0.3) is 0 Å². The van der Waals surface area contributed by atoms with Crippen molar-refractivity contribution < 1.29 is 9.53 Å². The lowest BCUT2D eigenvalue weighted by atomic mass is 9.83. The van der Waals surface area contributed by atoms with Crippen LogP contribution in [0.1, 0.15) is 28.4 Å². The number of hydrogen-bond donors (Lipinski definition) is 1. The topological polar surface area (TPSA) is 63.6 Å². The summed E-state index contributed by atoms with van der Waals surface area (Å²) in [6.07, 6.45) is 1.09. The summed E-state index contributed by atoms with van der Waals surface area (Å²) in [7, 11) is 1.36. The summed E-state index contributed by atoms with van der Waals surface area (Å²) < 4.78 is 6.63. The molecular formula is C20H21N3O3S. The summed E-state index contributed by atoms with van der Waals surface area (Å²) in [5, 5.41) is 3.93. The van der Waals surface area contributed by atoms with Gasteiger partial charge < -0.3 is 19.5 Å². The highest BCUT2D eigenvalue weighted by molar-refractivity contribution is 7.80. The lowest BCUT2D eigenvalue weighted by Gasteiger charge is -2.43. The van der Waals surface area contributed by atoms with Crippen LogP contribution in [-0.4, -0.2) is 40.7 Å². The number of anilines is 1. The van der Waals surface area contributed by atoms with E-state index in [1.165, 1.54) is 7.11 Å². The number of hydrogen-bond acceptors (Lipinski definition) is 4. The standard InChI is InChI=1S/C20H21N3O3S/c1-26-19(25)14-5-7-16(8-6-14)21-20(27)22-10-13-9-15(12-22)17-3-2-4-18(24)23(17)11-13/h2-8,13,15H,9-12H2,1H3,(H,21,27)/t13-,15?/m0/s1. The molecule has 2 aliphatic heterocycles. The molecule has 4 rings (SSSR count). The van der Waals surface area contributed by atoms with E-state index in [9.17, 15) is 9.59 Å². The van der Waals surface area contributed by atoms with Gasteiger partial charge in [0, 0.05) is 43.0 Å². The Labute approximate surface area is 162 Å². The molecule has 0 aliphatic carbocycles. The molecule has 2 atom stereocenters. The average Bonchev–Trinajstić information content (AvgIpc) is 2.68. The second-order valence-corrected chi connectivity index (χ2v) is 7.49. The number of pyridine rings is 1. The molecule has 27 heavy (non-hydrogen) atoms. The predicted molar refractivity (Wildman–Crippen MR) is 107 cm³/mol. The van der Waals surface area contributed by atoms with Gasteiger partial charge in [-0.05, 0) is 54.9 Å². The van der Waals surface area contributed by atoms with Crippen molar-refractivity contribution in [2.45, 2.75) is 18.9 Å². The number of likely N-dealkylation sites (tertiary alicyclic amines) is 1. The monoisotopic (exact) mass is 383 g/mol. The van der Waals surface area contributed by atoms with Gasteiger partial charge in [-0.15, -0.1) is 0 Å². The molecule has 140 valence electrons. The molecule has 0 radical (unpaired) electrons. The van der Waals surface area contributed by atoms with E-state index < -0.39 is 0 Å². The highest BCUT2D eigenvalue weighted by Gasteiger charge is 2.35. The molecule has 3 heterocycles. The van der Waals surface area contributed by atoms with E-state index in [0.29, 0.717) is 22.5 Å². The maximum atomic E-state index is 12.1. The summed E-state index contributed by atoms with van der Waals surface area (Å²) in [5.41, 5.74) is 2.53. The summed E-state index contributed by atoms with van der Waals surface area (Å²) in [5.74, 6) is 0.368. The predicted octanol–water partition coefficient (Wildman–Crippen LogP) is 2.45. The third-order valence-electron chi connectivity index (χ3n) is 5.32. The van der Waals surface area contributed by atoms with Crippen molar-refractivity contribution in [2.24, 2.45) is 5.92 Å². The maximum absolute atomic E-state index is 12.1. The van der Waals surface area contributed by atoms with E-state index >= 15 is 0 Å². The van der Waals surface area contributed by atoms with E-state index in [1.807, 2.05) is 28.8 Å². The van der Waals surface area contributed by atoms with E-state index in [4.69, 9.17) is 17.0 Å². The van der Waals surface area contributed by atoms with Gasteiger partial charge in [0.15, 0.2) is 5.11 Å². The number of rotatable bonds is 2. The Balaban J connectivity index is 1.46. The second-order valence-electron chi connectivity index (χ2n) is 7.10. The Bertz CT molecular complexity index is 938. The Morgan fingerprint density at radius 3 is 2.67 bits per heavy atom. The molecule has 0 spiro atoms. The van der Waals surface area contributed by atoms with E-state index in [1.54, 1.807) is 18.2 Å². The third kappa shape index (κ3) is 3.47. The van der Waals surface area contributed by atoms with Gasteiger partial charge in [0.2, 0.25) is 0 Å². The molecule has 1 fully saturated rings. The summed E-state index contributed by atoms with van der Waals surface area (Å²) in [6.45, 7) is 2.38. The molecule has 1 N–H and O–H groups in total. The number of nitrogens with one attached hydrogen (secondary N) is 1. The number of carbonyl (C=O) groups is 1. The molecule has 1 saturated heterocycles. The smallest absolute Gasteiger partial charge is 0.337 e. The van der Waals surface area contributed by atoms with Crippen LogP contribution in [0.4, 0.5) is 5.69 Å². The number of thiocarbonyl (C=S) groups is 1. The molecule has 1 unspecified atom stereocenters. The number of ether oxygens (including phenoxy) is 1. The van der Waals surface area contributed by atoms with Gasteiger partial charge in [0.1, 0.15) is 0 Å². The zero-order valence-corrected chi connectivity index (χ0v) is 15.9. The normalized spacial score (nSPS) is 20.6. The van der Waals surface area contributed by atoms with Gasteiger partial charge in [-0.2, -0.15) is 0 Å². The first kappa shape index (κ1) is 17.7. The van der Waals surface area contributed by atoms with Crippen LogP contribution in [0, 0.1) is 5.92 Å². The minimum Gasteiger partial charge on any atom is -0.465 e. The number of fused-ring (bicyclic) bond motifs is 4. The molecule has 6 nitrogen and oxygen atoms in total. The average molecular weight is 383 g/mol. The number of nitrogens with zero attached hydrogens (tertiary/aromatic N) is 2. The van der Waals surface area contributed by atoms with Crippen molar-refractivity contribution >= 4 is 29.0 Å². The number of piperidine rings is 1. The van der Waals surface area contributed by atoms with Crippen LogP contribution in [0.5, 0.6) is 0 Å². The van der Waals surface area contributed by atoms with Crippen molar-refractivity contribution in [3.8, 4) is 0 Å². The number of methoxy groups -OCH3 is 1. The third-order valence-corrected chi connectivity index (χ3v) is 5.68. The van der Waals surface area contributed by atoms with Crippen LogP contribution in [0.15, 0.2) is 47.3 Å². The highest BCUT2D eigenvalue weighted by atomic mass is 32.1. The SMILES string of the molecule is COC(=O)c1ccc(NC(=S)N2CC3C[C@@H](C2)Cn2c3cccc2=O)cc1. The molecule has 0 amide bonds. The lowest BCUT2D eigenvalue weighted by Crippen LogP contribution is -2.50. The number of benzene rings is 1. The van der Waals surface area contributed by atoms with Crippen molar-refractivity contribution in [2.75, 3.05) is 25.5 Å². The van der Waals surface area contributed by atoms with E-state index in [0.717, 1.165) is 37.4 Å². The molecule has 0 saturated carbocycles. The molecule has 2 aliphatic rings. The molecule has 1 aromatic carbocycles. The van der Waals surface area contributed by atoms with Crippen LogP contribution in [0.3, 0.4) is 0 Å². The minimum absolute atomic E-state index is 0.0852. The zero-order valence-electron chi connectivity index (χ0n) is 15.1. The van der Waals surface area contributed by atoms with Crippen LogP contribution >= 0.6 is 12.2 Å². The molecule has 2 bridgehead atoms. The number of carbonyl (C=O) groups excluding carboxylic acids is 1. The van der Waals surface area contributed by atoms with Gasteiger partial charge in [-0.3, -0.25) is 4.79 Å². The maximum Gasteiger partial charge on any atom is 0.337 e. The van der Waals surface area contributed by atoms with Gasteiger partial charge >= 0.3 is 5.97 Å². The van der Waals surface area contributed by atoms with Crippen LogP contribution < -0.4 is 10.9 Å². The number of esters is 1. The Kier molecular flexibility index (Phi) is 4.70. The first-order valence-electron chi connectivity index (χ1n) is 8.99. The quantitative estimate of drug-likeness (QED) is 0.635. The number of aromatic nitrogens is 1. The Morgan fingerprint density at radius 2 is 1.93 bits per heavy atom. The Morgan fingerprint density at radius 1 is 1.15 bits per heavy atom. The summed E-state index contributed by atoms with van der Waals surface area (Å²) in [4.78, 5) is 25.8. The first-order valence-corrected chi connectivity index (χ1v) is 9.40. The van der Waals surface area contributed by atoms with Crippen LogP contribution in [-0.2, 0) is 11.3 Å². The minimum atomic E-state index is -0.359. The highest BCUT2D eigenvalue weighted by Crippen LogP contribution is 2.35. The van der Waals surface area contributed by atoms with Crippen LogP contribution in [0.2, 0.25) is 0 Å². The molecule has 1 aromatic heterocycles. The summed E-state index contributed by atoms with van der Waals surface area (Å²) in [6, 6.07) is 12.6. The largest absolute Gasteiger partial charge is 0.465 e. The fourth-order valence-corrected chi connectivity index (χ4v) is 4.34. The van der Waals surface area contributed by atoms with Gasteiger partial charge in [0.25, 0.3) is 5.56 Å². The second kappa shape index (κ2) is 7.15. The van der Waals surface area contributed by atoms with Crippen molar-refractivity contribution in [3.05, 3.63) is 64.1 Å². The zero-order chi connectivity index (χ0) is 19.0. The van der Waals surface area contributed by atoms with E-state index in [-0.39, 0.29) is 11.5 Å². The molecule has 2 aromatic rings. The van der Waals surface area contributed by atoms with Crippen molar-refractivity contribution in [1.82, 2.24) is 9.47 Å². The summed E-state index contributed by atoms with van der Waals surface area (Å²) >= 11 is 5.62. The first-order chi connectivity index (χ1) is 13.0. The van der Waals surface area contributed by atoms with Gasteiger partial charge in [0.05, 0.1) is 12.7 Å². The molecule has 7 heteroatoms. The lowest BCUT2D eigenvalue weighted by molar-refractivity contribution is 0.0601. The van der Waals surface area contributed by atoms with Gasteiger partial charge in [-0.1, -0.05) is 6.07 Å². The fraction of sp³-hybridized carbons (Fsp3) is 0.350. The Hall–Kier alpha value is -2.67. The van der Waals surface area contributed by atoms with E-state index in [2.05, 4.69) is 10.2 Å². The van der Waals surface area contributed by atoms with Crippen molar-refractivity contribution in [1.29, 1.82) is 0 Å². The van der Waals surface area contributed by atoms with Crippen molar-refractivity contribution in [3.63, 3.8) is 0 Å². The van der Waals surface area contributed by atoms with Gasteiger partial charge in [-0.25, -0.2) is 4.79 Å². The molecular weight excluding hydrogens is 362 g/mol. The fourth-order valence-electron chi connectivity index (χ4n) is 4.07.